The predicted molar refractivity (Wildman–Crippen MR) is 89.9 cm³/mol. The monoisotopic (exact) mass is 310 g/mol. The van der Waals surface area contributed by atoms with Gasteiger partial charge in [0.15, 0.2) is 0 Å². The van der Waals surface area contributed by atoms with Crippen molar-refractivity contribution >= 4 is 5.91 Å². The average molecular weight is 310 g/mol. The fourth-order valence-corrected chi connectivity index (χ4v) is 3.30. The fraction of sp³-hybridized carbons (Fsp3) is 0.316. The molecule has 0 saturated heterocycles. The Balaban J connectivity index is 1.83. The molecule has 3 rings (SSSR count). The number of aliphatic hydroxyl groups excluding tert-OH is 1. The molecule has 0 heterocycles. The van der Waals surface area contributed by atoms with Gasteiger partial charge in [-0.05, 0) is 30.8 Å². The van der Waals surface area contributed by atoms with E-state index in [0.29, 0.717) is 6.42 Å². The van der Waals surface area contributed by atoms with Crippen LogP contribution in [0.1, 0.15) is 28.8 Å². The van der Waals surface area contributed by atoms with Crippen LogP contribution >= 0.6 is 0 Å². The number of rotatable bonds is 4. The molecule has 2 N–H and O–H groups in total. The number of amides is 1. The molecule has 1 aliphatic rings. The van der Waals surface area contributed by atoms with Gasteiger partial charge in [0.2, 0.25) is 5.91 Å². The number of benzene rings is 2. The van der Waals surface area contributed by atoms with Crippen LogP contribution in [0.2, 0.25) is 0 Å². The molecular weight excluding hydrogens is 288 g/mol. The zero-order valence-corrected chi connectivity index (χ0v) is 13.4. The van der Waals surface area contributed by atoms with Crippen molar-refractivity contribution in [2.75, 3.05) is 14.1 Å². The second kappa shape index (κ2) is 6.52. The highest BCUT2D eigenvalue weighted by molar-refractivity contribution is 5.83. The van der Waals surface area contributed by atoms with Gasteiger partial charge < -0.3 is 10.4 Å². The van der Waals surface area contributed by atoms with E-state index >= 15 is 0 Å². The molecule has 0 radical (unpaired) electrons. The molecule has 0 fully saturated rings. The molecular formula is C19H22N2O2. The van der Waals surface area contributed by atoms with Gasteiger partial charge >= 0.3 is 0 Å². The van der Waals surface area contributed by atoms with Crippen molar-refractivity contribution in [3.05, 3.63) is 71.3 Å². The third-order valence-corrected chi connectivity index (χ3v) is 4.38. The van der Waals surface area contributed by atoms with Crippen molar-refractivity contribution in [3.8, 4) is 0 Å². The summed E-state index contributed by atoms with van der Waals surface area (Å²) < 4.78 is 0. The first kappa shape index (κ1) is 15.7. The lowest BCUT2D eigenvalue weighted by Crippen LogP contribution is -2.41. The van der Waals surface area contributed by atoms with Crippen LogP contribution in [-0.2, 0) is 11.2 Å². The highest BCUT2D eigenvalue weighted by Crippen LogP contribution is 2.32. The SMILES string of the molecule is CN(C)C(C(=O)N[C@@H]1c2ccccc2C[C@@H]1O)c1ccccc1. The smallest absolute Gasteiger partial charge is 0.242 e. The number of aliphatic hydroxyl groups is 1. The van der Waals surface area contributed by atoms with Crippen LogP contribution in [0.15, 0.2) is 54.6 Å². The molecule has 0 bridgehead atoms. The zero-order valence-electron chi connectivity index (χ0n) is 13.4. The Labute approximate surface area is 136 Å². The van der Waals surface area contributed by atoms with Gasteiger partial charge in [0.1, 0.15) is 6.04 Å². The largest absolute Gasteiger partial charge is 0.390 e. The lowest BCUT2D eigenvalue weighted by Gasteiger charge is -2.27. The topological polar surface area (TPSA) is 52.6 Å². The third-order valence-electron chi connectivity index (χ3n) is 4.38. The quantitative estimate of drug-likeness (QED) is 0.909. The molecule has 2 aromatic rings. The van der Waals surface area contributed by atoms with Crippen LogP contribution in [0.4, 0.5) is 0 Å². The zero-order chi connectivity index (χ0) is 16.4. The minimum Gasteiger partial charge on any atom is -0.390 e. The van der Waals surface area contributed by atoms with Gasteiger partial charge in [0.25, 0.3) is 0 Å². The number of hydrogen-bond acceptors (Lipinski definition) is 3. The van der Waals surface area contributed by atoms with Crippen molar-refractivity contribution in [2.24, 2.45) is 0 Å². The van der Waals surface area contributed by atoms with Gasteiger partial charge in [0.05, 0.1) is 12.1 Å². The Bertz CT molecular complexity index is 685. The molecule has 1 amide bonds. The van der Waals surface area contributed by atoms with E-state index in [1.165, 1.54) is 0 Å². The first-order valence-corrected chi connectivity index (χ1v) is 7.85. The van der Waals surface area contributed by atoms with Crippen molar-refractivity contribution in [3.63, 3.8) is 0 Å². The van der Waals surface area contributed by atoms with E-state index in [4.69, 9.17) is 0 Å². The number of nitrogens with zero attached hydrogens (tertiary/aromatic N) is 1. The molecule has 0 saturated carbocycles. The molecule has 4 heteroatoms. The number of hydrogen-bond donors (Lipinski definition) is 2. The number of likely N-dealkylation sites (N-methyl/N-ethyl adjacent to an activating group) is 1. The van der Waals surface area contributed by atoms with E-state index in [0.717, 1.165) is 16.7 Å². The maximum absolute atomic E-state index is 12.8. The maximum Gasteiger partial charge on any atom is 0.242 e. The Hall–Kier alpha value is -2.17. The average Bonchev–Trinajstić information content (AvgIpc) is 2.84. The highest BCUT2D eigenvalue weighted by atomic mass is 16.3. The molecule has 3 atom stereocenters. The van der Waals surface area contributed by atoms with E-state index in [1.54, 1.807) is 0 Å². The number of carbonyl (C=O) groups is 1. The van der Waals surface area contributed by atoms with E-state index in [9.17, 15) is 9.90 Å². The fourth-order valence-electron chi connectivity index (χ4n) is 3.30. The second-order valence-electron chi connectivity index (χ2n) is 6.23. The number of nitrogens with one attached hydrogen (secondary N) is 1. The predicted octanol–water partition coefficient (Wildman–Crippen LogP) is 2.06. The van der Waals surface area contributed by atoms with Crippen LogP contribution in [0, 0.1) is 0 Å². The summed E-state index contributed by atoms with van der Waals surface area (Å²) in [6.45, 7) is 0. The van der Waals surface area contributed by atoms with Crippen LogP contribution in [0.5, 0.6) is 0 Å². The minimum absolute atomic E-state index is 0.0954. The number of fused-ring (bicyclic) bond motifs is 1. The molecule has 0 aliphatic heterocycles. The van der Waals surface area contributed by atoms with E-state index in [1.807, 2.05) is 73.6 Å². The van der Waals surface area contributed by atoms with Crippen LogP contribution in [0.3, 0.4) is 0 Å². The van der Waals surface area contributed by atoms with E-state index in [-0.39, 0.29) is 18.0 Å². The van der Waals surface area contributed by atoms with Crippen LogP contribution in [-0.4, -0.2) is 36.1 Å². The summed E-state index contributed by atoms with van der Waals surface area (Å²) in [5, 5.41) is 13.4. The summed E-state index contributed by atoms with van der Waals surface area (Å²) in [7, 11) is 3.77. The first-order valence-electron chi connectivity index (χ1n) is 7.85. The highest BCUT2D eigenvalue weighted by Gasteiger charge is 2.34. The van der Waals surface area contributed by atoms with Gasteiger partial charge in [-0.25, -0.2) is 0 Å². The Morgan fingerprint density at radius 1 is 1.13 bits per heavy atom. The molecule has 0 spiro atoms. The van der Waals surface area contributed by atoms with Gasteiger partial charge in [-0.2, -0.15) is 0 Å². The van der Waals surface area contributed by atoms with Crippen molar-refractivity contribution in [2.45, 2.75) is 24.6 Å². The lowest BCUT2D eigenvalue weighted by atomic mass is 10.0. The van der Waals surface area contributed by atoms with E-state index in [2.05, 4.69) is 5.32 Å². The summed E-state index contributed by atoms with van der Waals surface area (Å²) in [4.78, 5) is 14.7. The lowest BCUT2D eigenvalue weighted by molar-refractivity contribution is -0.127. The molecule has 120 valence electrons. The molecule has 0 aromatic heterocycles. The summed E-state index contributed by atoms with van der Waals surface area (Å²) in [6.07, 6.45) is 0.00829. The van der Waals surface area contributed by atoms with Gasteiger partial charge in [0, 0.05) is 6.42 Å². The maximum atomic E-state index is 12.8. The summed E-state index contributed by atoms with van der Waals surface area (Å²) in [5.41, 5.74) is 3.06. The number of carbonyl (C=O) groups excluding carboxylic acids is 1. The Morgan fingerprint density at radius 2 is 1.78 bits per heavy atom. The molecule has 23 heavy (non-hydrogen) atoms. The summed E-state index contributed by atoms with van der Waals surface area (Å²) >= 11 is 0. The summed E-state index contributed by atoms with van der Waals surface area (Å²) in [6, 6.07) is 16.9. The van der Waals surface area contributed by atoms with Gasteiger partial charge in [-0.1, -0.05) is 54.6 Å². The van der Waals surface area contributed by atoms with Crippen LogP contribution < -0.4 is 5.32 Å². The third kappa shape index (κ3) is 3.14. The minimum atomic E-state index is -0.574. The first-order chi connectivity index (χ1) is 11.1. The van der Waals surface area contributed by atoms with Gasteiger partial charge in [-0.15, -0.1) is 0 Å². The van der Waals surface area contributed by atoms with Gasteiger partial charge in [-0.3, -0.25) is 9.69 Å². The molecule has 1 unspecified atom stereocenters. The summed E-state index contributed by atoms with van der Waals surface area (Å²) in [5.74, 6) is -0.0954. The molecule has 4 nitrogen and oxygen atoms in total. The second-order valence-corrected chi connectivity index (χ2v) is 6.23. The van der Waals surface area contributed by atoms with Crippen molar-refractivity contribution in [1.29, 1.82) is 0 Å². The standard InChI is InChI=1S/C19H22N2O2/c1-21(2)18(13-8-4-3-5-9-13)19(23)20-17-15-11-7-6-10-14(15)12-16(17)22/h3-11,16-18,22H,12H2,1-2H3,(H,20,23)/t16-,17+,18?/m0/s1. The molecule has 2 aromatic carbocycles. The van der Waals surface area contributed by atoms with E-state index < -0.39 is 6.10 Å². The van der Waals surface area contributed by atoms with Crippen molar-refractivity contribution in [1.82, 2.24) is 10.2 Å². The molecule has 1 aliphatic carbocycles. The normalized spacial score (nSPS) is 21.0. The van der Waals surface area contributed by atoms with Crippen LogP contribution in [0.25, 0.3) is 0 Å². The van der Waals surface area contributed by atoms with Crippen molar-refractivity contribution < 1.29 is 9.90 Å². The Kier molecular flexibility index (Phi) is 4.46. The Morgan fingerprint density at radius 3 is 2.48 bits per heavy atom.